The maximum Gasteiger partial charge on any atom is 0.275 e. The number of carbonyl (C=O) groups is 1. The van der Waals surface area contributed by atoms with E-state index in [0.29, 0.717) is 10.8 Å². The van der Waals surface area contributed by atoms with E-state index in [9.17, 15) is 4.79 Å². The molecular weight excluding hydrogens is 264 g/mol. The quantitative estimate of drug-likeness (QED) is 0.869. The number of hydrogen-bond acceptors (Lipinski definition) is 6. The van der Waals surface area contributed by atoms with Crippen LogP contribution in [-0.2, 0) is 13.5 Å². The van der Waals surface area contributed by atoms with Crippen LogP contribution in [0.1, 0.15) is 15.5 Å². The maximum absolute atomic E-state index is 11.9. The number of carbonyl (C=O) groups excluding carboxylic acids is 1. The molecule has 8 heteroatoms. The van der Waals surface area contributed by atoms with Gasteiger partial charge in [0.2, 0.25) is 5.13 Å². The van der Waals surface area contributed by atoms with Crippen molar-refractivity contribution in [1.29, 1.82) is 0 Å². The fraction of sp³-hybridized carbons (Fsp3) is 0.455. The molecule has 19 heavy (non-hydrogen) atoms. The minimum atomic E-state index is -0.227. The number of rotatable bonds is 5. The Kier molecular flexibility index (Phi) is 4.23. The standard InChI is InChI=1S/C11H16N6OS/c1-16(2)5-4-9-14-15-11(19-9)13-10(18)8-6-12-7-17(8)3/h6-7H,4-5H2,1-3H3,(H,13,15,18). The Morgan fingerprint density at radius 3 is 2.89 bits per heavy atom. The van der Waals surface area contributed by atoms with Crippen molar-refractivity contribution in [3.8, 4) is 0 Å². The molecule has 0 unspecified atom stereocenters. The summed E-state index contributed by atoms with van der Waals surface area (Å²) in [6.45, 7) is 0.907. The molecule has 0 saturated carbocycles. The highest BCUT2D eigenvalue weighted by Gasteiger charge is 2.12. The first-order chi connectivity index (χ1) is 9.06. The van der Waals surface area contributed by atoms with Crippen molar-refractivity contribution in [2.75, 3.05) is 26.0 Å². The van der Waals surface area contributed by atoms with Crippen LogP contribution in [0.5, 0.6) is 0 Å². The second-order valence-corrected chi connectivity index (χ2v) is 5.46. The molecule has 0 bridgehead atoms. The third kappa shape index (κ3) is 3.58. The molecule has 0 saturated heterocycles. The van der Waals surface area contributed by atoms with Crippen LogP contribution in [0, 0.1) is 0 Å². The van der Waals surface area contributed by atoms with Gasteiger partial charge < -0.3 is 9.47 Å². The molecule has 0 aliphatic heterocycles. The predicted octanol–water partition coefficient (Wildman–Crippen LogP) is 0.628. The Labute approximate surface area is 115 Å². The SMILES string of the molecule is CN(C)CCc1nnc(NC(=O)c2cncn2C)s1. The Morgan fingerprint density at radius 2 is 2.26 bits per heavy atom. The van der Waals surface area contributed by atoms with E-state index >= 15 is 0 Å². The van der Waals surface area contributed by atoms with Crippen LogP contribution in [0.15, 0.2) is 12.5 Å². The highest BCUT2D eigenvalue weighted by molar-refractivity contribution is 7.15. The molecule has 2 rings (SSSR count). The number of amides is 1. The summed E-state index contributed by atoms with van der Waals surface area (Å²) >= 11 is 1.40. The number of anilines is 1. The fourth-order valence-electron chi connectivity index (χ4n) is 1.46. The maximum atomic E-state index is 11.9. The van der Waals surface area contributed by atoms with Crippen LogP contribution in [0.25, 0.3) is 0 Å². The van der Waals surface area contributed by atoms with Gasteiger partial charge in [0.15, 0.2) is 0 Å². The van der Waals surface area contributed by atoms with Gasteiger partial charge in [-0.2, -0.15) is 0 Å². The lowest BCUT2D eigenvalue weighted by Gasteiger charge is -2.05. The zero-order valence-corrected chi connectivity index (χ0v) is 11.9. The van der Waals surface area contributed by atoms with Gasteiger partial charge in [0, 0.05) is 20.0 Å². The lowest BCUT2D eigenvalue weighted by atomic mass is 10.4. The van der Waals surface area contributed by atoms with Gasteiger partial charge in [0.1, 0.15) is 10.7 Å². The summed E-state index contributed by atoms with van der Waals surface area (Å²) in [7, 11) is 5.78. The van der Waals surface area contributed by atoms with E-state index in [2.05, 4.69) is 25.4 Å². The van der Waals surface area contributed by atoms with Gasteiger partial charge in [-0.3, -0.25) is 10.1 Å². The monoisotopic (exact) mass is 280 g/mol. The summed E-state index contributed by atoms with van der Waals surface area (Å²) in [6.07, 6.45) is 3.92. The Bertz CT molecular complexity index is 561. The second-order valence-electron chi connectivity index (χ2n) is 4.40. The van der Waals surface area contributed by atoms with E-state index in [1.807, 2.05) is 14.1 Å². The van der Waals surface area contributed by atoms with Crippen molar-refractivity contribution >= 4 is 22.4 Å². The van der Waals surface area contributed by atoms with Crippen LogP contribution in [0.3, 0.4) is 0 Å². The predicted molar refractivity (Wildman–Crippen MR) is 73.3 cm³/mol. The van der Waals surface area contributed by atoms with Gasteiger partial charge in [-0.15, -0.1) is 10.2 Å². The number of likely N-dealkylation sites (N-methyl/N-ethyl adjacent to an activating group) is 1. The van der Waals surface area contributed by atoms with E-state index in [0.717, 1.165) is 18.0 Å². The third-order valence-corrected chi connectivity index (χ3v) is 3.41. The molecular formula is C11H16N6OS. The molecule has 0 atom stereocenters. The molecule has 102 valence electrons. The van der Waals surface area contributed by atoms with Crippen molar-refractivity contribution in [3.05, 3.63) is 23.2 Å². The number of aromatic nitrogens is 4. The number of hydrogen-bond donors (Lipinski definition) is 1. The molecule has 1 N–H and O–H groups in total. The van der Waals surface area contributed by atoms with E-state index in [4.69, 9.17) is 0 Å². The van der Waals surface area contributed by atoms with Gasteiger partial charge in [0.25, 0.3) is 5.91 Å². The molecule has 0 aromatic carbocycles. The minimum Gasteiger partial charge on any atom is -0.330 e. The topological polar surface area (TPSA) is 75.9 Å². The van der Waals surface area contributed by atoms with Crippen molar-refractivity contribution < 1.29 is 4.79 Å². The van der Waals surface area contributed by atoms with Crippen LogP contribution in [0.2, 0.25) is 0 Å². The number of imidazole rings is 1. The zero-order chi connectivity index (χ0) is 13.8. The van der Waals surface area contributed by atoms with E-state index in [1.165, 1.54) is 17.5 Å². The van der Waals surface area contributed by atoms with Crippen molar-refractivity contribution in [2.45, 2.75) is 6.42 Å². The van der Waals surface area contributed by atoms with Gasteiger partial charge >= 0.3 is 0 Å². The molecule has 0 aliphatic carbocycles. The average Bonchev–Trinajstić information content (AvgIpc) is 2.95. The Morgan fingerprint density at radius 1 is 1.47 bits per heavy atom. The summed E-state index contributed by atoms with van der Waals surface area (Å²) in [5, 5.41) is 12.2. The van der Waals surface area contributed by atoms with Crippen LogP contribution >= 0.6 is 11.3 Å². The first-order valence-corrected chi connectivity index (χ1v) is 6.62. The van der Waals surface area contributed by atoms with Gasteiger partial charge in [0.05, 0.1) is 12.5 Å². The van der Waals surface area contributed by atoms with Gasteiger partial charge in [-0.1, -0.05) is 11.3 Å². The number of aryl methyl sites for hydroxylation is 1. The van der Waals surface area contributed by atoms with Crippen molar-refractivity contribution in [1.82, 2.24) is 24.6 Å². The second kappa shape index (κ2) is 5.89. The zero-order valence-electron chi connectivity index (χ0n) is 11.1. The lowest BCUT2D eigenvalue weighted by Crippen LogP contribution is -2.15. The number of nitrogens with one attached hydrogen (secondary N) is 1. The van der Waals surface area contributed by atoms with Crippen LogP contribution in [0.4, 0.5) is 5.13 Å². The summed E-state index contributed by atoms with van der Waals surface area (Å²) in [5.74, 6) is -0.227. The first kappa shape index (κ1) is 13.6. The molecule has 0 spiro atoms. The van der Waals surface area contributed by atoms with E-state index in [1.54, 1.807) is 17.9 Å². The minimum absolute atomic E-state index is 0.227. The Hall–Kier alpha value is -1.80. The normalized spacial score (nSPS) is 10.9. The molecule has 2 aromatic heterocycles. The highest BCUT2D eigenvalue weighted by Crippen LogP contribution is 2.16. The fourth-order valence-corrected chi connectivity index (χ4v) is 2.19. The number of nitrogens with zero attached hydrogens (tertiary/aromatic N) is 5. The van der Waals surface area contributed by atoms with E-state index in [-0.39, 0.29) is 5.91 Å². The average molecular weight is 280 g/mol. The molecule has 1 amide bonds. The summed E-state index contributed by atoms with van der Waals surface area (Å²) in [5.41, 5.74) is 0.491. The molecule has 2 aromatic rings. The summed E-state index contributed by atoms with van der Waals surface area (Å²) < 4.78 is 1.66. The van der Waals surface area contributed by atoms with E-state index < -0.39 is 0 Å². The van der Waals surface area contributed by atoms with Crippen LogP contribution in [-0.4, -0.2) is 51.2 Å². The summed E-state index contributed by atoms with van der Waals surface area (Å²) in [4.78, 5) is 17.9. The van der Waals surface area contributed by atoms with Crippen molar-refractivity contribution in [3.63, 3.8) is 0 Å². The summed E-state index contributed by atoms with van der Waals surface area (Å²) in [6, 6.07) is 0. The molecule has 0 aliphatic rings. The molecule has 7 nitrogen and oxygen atoms in total. The van der Waals surface area contributed by atoms with Crippen LogP contribution < -0.4 is 5.32 Å². The highest BCUT2D eigenvalue weighted by atomic mass is 32.1. The molecule has 2 heterocycles. The lowest BCUT2D eigenvalue weighted by molar-refractivity contribution is 0.101. The van der Waals surface area contributed by atoms with Gasteiger partial charge in [-0.25, -0.2) is 4.98 Å². The van der Waals surface area contributed by atoms with Crippen molar-refractivity contribution in [2.24, 2.45) is 7.05 Å². The van der Waals surface area contributed by atoms with Gasteiger partial charge in [-0.05, 0) is 14.1 Å². The Balaban J connectivity index is 1.96. The largest absolute Gasteiger partial charge is 0.330 e. The third-order valence-electron chi connectivity index (χ3n) is 2.51. The smallest absolute Gasteiger partial charge is 0.275 e. The molecule has 0 radical (unpaired) electrons. The molecule has 0 fully saturated rings. The first-order valence-electron chi connectivity index (χ1n) is 5.81.